The van der Waals surface area contributed by atoms with Gasteiger partial charge in [0.15, 0.2) is 0 Å². The first-order chi connectivity index (χ1) is 7.03. The number of carbonyl (C=O) groups excluding carboxylic acids is 1. The molecule has 0 saturated heterocycles. The maximum atomic E-state index is 11.4. The van der Waals surface area contributed by atoms with Crippen molar-refractivity contribution in [1.29, 1.82) is 0 Å². The van der Waals surface area contributed by atoms with E-state index in [0.29, 0.717) is 12.8 Å². The predicted octanol–water partition coefficient (Wildman–Crippen LogP) is 1.55. The molecule has 1 aliphatic carbocycles. The summed E-state index contributed by atoms with van der Waals surface area (Å²) in [7, 11) is 0. The van der Waals surface area contributed by atoms with Gasteiger partial charge in [-0.1, -0.05) is 26.7 Å². The smallest absolute Gasteiger partial charge is 0.329 e. The zero-order valence-corrected chi connectivity index (χ0v) is 9.38. The monoisotopic (exact) mass is 213 g/mol. The molecule has 15 heavy (non-hydrogen) atoms. The fraction of sp³-hybridized carbons (Fsp3) is 0.818. The molecule has 0 aromatic rings. The third-order valence-corrected chi connectivity index (χ3v) is 3.36. The number of hydrogen-bond donors (Lipinski definition) is 2. The lowest BCUT2D eigenvalue weighted by Gasteiger charge is -2.39. The van der Waals surface area contributed by atoms with Gasteiger partial charge in [-0.2, -0.15) is 0 Å². The minimum Gasteiger partial charge on any atom is -0.479 e. The molecule has 0 aromatic carbocycles. The standard InChI is InChI=1S/C11H19NO3/c1-3-9(13)12-11(10(14)15)7-5-4-6-8(11)2/h8H,3-7H2,1-2H3,(H,12,13)(H,14,15). The fourth-order valence-electron chi connectivity index (χ4n) is 2.24. The third-order valence-electron chi connectivity index (χ3n) is 3.36. The van der Waals surface area contributed by atoms with Gasteiger partial charge in [0, 0.05) is 6.42 Å². The van der Waals surface area contributed by atoms with Gasteiger partial charge in [-0.05, 0) is 18.8 Å². The van der Waals surface area contributed by atoms with E-state index in [1.54, 1.807) is 6.92 Å². The van der Waals surface area contributed by atoms with Crippen LogP contribution in [0.25, 0.3) is 0 Å². The van der Waals surface area contributed by atoms with Crippen molar-refractivity contribution in [2.75, 3.05) is 0 Å². The summed E-state index contributed by atoms with van der Waals surface area (Å²) in [5, 5.41) is 12.0. The molecule has 1 amide bonds. The number of aliphatic carboxylic acids is 1. The Morgan fingerprint density at radius 1 is 1.47 bits per heavy atom. The van der Waals surface area contributed by atoms with Gasteiger partial charge < -0.3 is 10.4 Å². The first kappa shape index (κ1) is 12.0. The van der Waals surface area contributed by atoms with Crippen molar-refractivity contribution >= 4 is 11.9 Å². The second kappa shape index (κ2) is 4.64. The number of nitrogens with one attached hydrogen (secondary N) is 1. The van der Waals surface area contributed by atoms with E-state index in [2.05, 4.69) is 5.32 Å². The van der Waals surface area contributed by atoms with Crippen molar-refractivity contribution in [3.8, 4) is 0 Å². The van der Waals surface area contributed by atoms with E-state index in [9.17, 15) is 14.7 Å². The van der Waals surface area contributed by atoms with Crippen LogP contribution in [-0.4, -0.2) is 22.5 Å². The van der Waals surface area contributed by atoms with Crippen LogP contribution in [-0.2, 0) is 9.59 Å². The molecule has 1 fully saturated rings. The molecular formula is C11H19NO3. The highest BCUT2D eigenvalue weighted by molar-refractivity contribution is 5.87. The molecule has 0 bridgehead atoms. The molecule has 4 nitrogen and oxygen atoms in total. The largest absolute Gasteiger partial charge is 0.479 e. The molecule has 86 valence electrons. The molecule has 0 aromatic heterocycles. The van der Waals surface area contributed by atoms with E-state index < -0.39 is 11.5 Å². The lowest BCUT2D eigenvalue weighted by atomic mass is 9.73. The highest BCUT2D eigenvalue weighted by Gasteiger charge is 2.45. The van der Waals surface area contributed by atoms with Gasteiger partial charge in [0.2, 0.25) is 5.91 Å². The molecule has 1 aliphatic rings. The van der Waals surface area contributed by atoms with Crippen molar-refractivity contribution in [1.82, 2.24) is 5.32 Å². The van der Waals surface area contributed by atoms with Crippen molar-refractivity contribution in [3.63, 3.8) is 0 Å². The Bertz CT molecular complexity index is 265. The minimum atomic E-state index is -1.02. The topological polar surface area (TPSA) is 66.4 Å². The number of hydrogen-bond acceptors (Lipinski definition) is 2. The van der Waals surface area contributed by atoms with Gasteiger partial charge in [0.1, 0.15) is 5.54 Å². The summed E-state index contributed by atoms with van der Waals surface area (Å²) in [5.74, 6) is -1.05. The van der Waals surface area contributed by atoms with Crippen LogP contribution in [0.4, 0.5) is 0 Å². The van der Waals surface area contributed by atoms with Crippen LogP contribution in [0.15, 0.2) is 0 Å². The van der Waals surface area contributed by atoms with E-state index in [-0.39, 0.29) is 11.8 Å². The number of carbonyl (C=O) groups is 2. The van der Waals surface area contributed by atoms with Crippen LogP contribution in [0, 0.1) is 5.92 Å². The maximum Gasteiger partial charge on any atom is 0.329 e. The average Bonchev–Trinajstić information content (AvgIpc) is 2.21. The van der Waals surface area contributed by atoms with E-state index >= 15 is 0 Å². The SMILES string of the molecule is CCC(=O)NC1(C(=O)O)CCCCC1C. The lowest BCUT2D eigenvalue weighted by molar-refractivity contribution is -0.152. The molecule has 0 radical (unpaired) electrons. The summed E-state index contributed by atoms with van der Waals surface area (Å²) in [6.07, 6.45) is 3.69. The maximum absolute atomic E-state index is 11.4. The Morgan fingerprint density at radius 3 is 2.60 bits per heavy atom. The second-order valence-corrected chi connectivity index (χ2v) is 4.33. The Labute approximate surface area is 90.0 Å². The lowest BCUT2D eigenvalue weighted by Crippen LogP contribution is -2.59. The van der Waals surface area contributed by atoms with Gasteiger partial charge in [-0.25, -0.2) is 4.79 Å². The Hall–Kier alpha value is -1.06. The number of amides is 1. The van der Waals surface area contributed by atoms with E-state index in [4.69, 9.17) is 0 Å². The molecule has 0 spiro atoms. The molecule has 2 N–H and O–H groups in total. The zero-order valence-electron chi connectivity index (χ0n) is 9.38. The molecule has 2 unspecified atom stereocenters. The molecular weight excluding hydrogens is 194 g/mol. The molecule has 0 aliphatic heterocycles. The van der Waals surface area contributed by atoms with Crippen LogP contribution >= 0.6 is 0 Å². The Kier molecular flexibility index (Phi) is 3.72. The van der Waals surface area contributed by atoms with Crippen molar-refractivity contribution in [2.45, 2.75) is 51.5 Å². The van der Waals surface area contributed by atoms with E-state index in [1.165, 1.54) is 0 Å². The van der Waals surface area contributed by atoms with Gasteiger partial charge in [-0.3, -0.25) is 4.79 Å². The molecule has 0 heterocycles. The van der Waals surface area contributed by atoms with Crippen molar-refractivity contribution in [2.24, 2.45) is 5.92 Å². The average molecular weight is 213 g/mol. The Balaban J connectivity index is 2.85. The Morgan fingerprint density at radius 2 is 2.13 bits per heavy atom. The molecule has 1 saturated carbocycles. The molecule has 4 heteroatoms. The van der Waals surface area contributed by atoms with Gasteiger partial charge in [0.25, 0.3) is 0 Å². The highest BCUT2D eigenvalue weighted by atomic mass is 16.4. The highest BCUT2D eigenvalue weighted by Crippen LogP contribution is 2.33. The summed E-state index contributed by atoms with van der Waals surface area (Å²) >= 11 is 0. The van der Waals surface area contributed by atoms with Crippen molar-refractivity contribution in [3.05, 3.63) is 0 Å². The number of rotatable bonds is 3. The second-order valence-electron chi connectivity index (χ2n) is 4.33. The predicted molar refractivity (Wildman–Crippen MR) is 56.4 cm³/mol. The van der Waals surface area contributed by atoms with Crippen LogP contribution < -0.4 is 5.32 Å². The van der Waals surface area contributed by atoms with E-state index in [0.717, 1.165) is 19.3 Å². The normalized spacial score (nSPS) is 30.9. The molecule has 2 atom stereocenters. The number of carboxylic acid groups (broad SMARTS) is 1. The van der Waals surface area contributed by atoms with E-state index in [1.807, 2.05) is 6.92 Å². The van der Waals surface area contributed by atoms with Gasteiger partial charge in [0.05, 0.1) is 0 Å². The quantitative estimate of drug-likeness (QED) is 0.747. The third kappa shape index (κ3) is 2.30. The zero-order chi connectivity index (χ0) is 11.5. The minimum absolute atomic E-state index is 0.0132. The summed E-state index contributed by atoms with van der Waals surface area (Å²) in [6.45, 7) is 3.64. The van der Waals surface area contributed by atoms with Gasteiger partial charge in [-0.15, -0.1) is 0 Å². The summed E-state index contributed by atoms with van der Waals surface area (Å²) in [6, 6.07) is 0. The van der Waals surface area contributed by atoms with Crippen LogP contribution in [0.5, 0.6) is 0 Å². The van der Waals surface area contributed by atoms with Crippen molar-refractivity contribution < 1.29 is 14.7 Å². The van der Waals surface area contributed by atoms with Crippen LogP contribution in [0.3, 0.4) is 0 Å². The van der Waals surface area contributed by atoms with Gasteiger partial charge >= 0.3 is 5.97 Å². The number of carboxylic acids is 1. The summed E-state index contributed by atoms with van der Waals surface area (Å²) in [4.78, 5) is 22.7. The first-order valence-corrected chi connectivity index (χ1v) is 5.57. The fourth-order valence-corrected chi connectivity index (χ4v) is 2.24. The van der Waals surface area contributed by atoms with Crippen LogP contribution in [0.1, 0.15) is 46.0 Å². The first-order valence-electron chi connectivity index (χ1n) is 5.57. The summed E-state index contributed by atoms with van der Waals surface area (Å²) in [5.41, 5.74) is -1.02. The molecule has 1 rings (SSSR count). The summed E-state index contributed by atoms with van der Waals surface area (Å²) < 4.78 is 0. The van der Waals surface area contributed by atoms with Crippen LogP contribution in [0.2, 0.25) is 0 Å².